The quantitative estimate of drug-likeness (QED) is 0.264. The van der Waals surface area contributed by atoms with Gasteiger partial charge in [-0.1, -0.05) is 62.6 Å². The van der Waals surface area contributed by atoms with E-state index in [2.05, 4.69) is 43.4 Å². The van der Waals surface area contributed by atoms with Crippen molar-refractivity contribution in [1.82, 2.24) is 0 Å². The van der Waals surface area contributed by atoms with Crippen LogP contribution in [0.15, 0.2) is 36.5 Å². The topological polar surface area (TPSA) is 49.8 Å². The molecule has 0 aromatic heterocycles. The fourth-order valence-corrected chi connectivity index (χ4v) is 2.50. The molecule has 0 saturated carbocycles. The number of carboxylic acids is 1. The monoisotopic (exact) mass is 320 g/mol. The summed E-state index contributed by atoms with van der Waals surface area (Å²) in [5.74, 6) is -0.714. The molecule has 0 radical (unpaired) electrons. The van der Waals surface area contributed by atoms with Crippen molar-refractivity contribution in [2.24, 2.45) is 0 Å². The first-order chi connectivity index (χ1) is 11.2. The molecular weight excluding hydrogens is 288 g/mol. The van der Waals surface area contributed by atoms with Crippen LogP contribution in [-0.4, -0.2) is 23.3 Å². The van der Waals surface area contributed by atoms with E-state index in [9.17, 15) is 4.79 Å². The predicted octanol–water partition coefficient (Wildman–Crippen LogP) is 5.43. The highest BCUT2D eigenvalue weighted by Gasteiger charge is 2.36. The molecular formula is C20H32O3. The Bertz CT molecular complexity index is 396. The Kier molecular flexibility index (Phi) is 11.2. The van der Waals surface area contributed by atoms with Crippen molar-refractivity contribution in [3.8, 4) is 0 Å². The van der Waals surface area contributed by atoms with E-state index in [1.807, 2.05) is 0 Å². The van der Waals surface area contributed by atoms with Gasteiger partial charge in [0.1, 0.15) is 0 Å². The molecule has 130 valence electrons. The number of aliphatic carboxylic acids is 1. The maximum atomic E-state index is 10.3. The van der Waals surface area contributed by atoms with Crippen LogP contribution in [0.4, 0.5) is 0 Å². The Morgan fingerprint density at radius 2 is 1.65 bits per heavy atom. The summed E-state index contributed by atoms with van der Waals surface area (Å²) < 4.78 is 5.66. The second kappa shape index (κ2) is 13.1. The van der Waals surface area contributed by atoms with Gasteiger partial charge in [0.15, 0.2) is 0 Å². The summed E-state index contributed by atoms with van der Waals surface area (Å²) in [4.78, 5) is 10.3. The van der Waals surface area contributed by atoms with Gasteiger partial charge in [0.2, 0.25) is 0 Å². The van der Waals surface area contributed by atoms with Crippen LogP contribution in [0.25, 0.3) is 0 Å². The van der Waals surface area contributed by atoms with Crippen LogP contribution in [-0.2, 0) is 9.53 Å². The van der Waals surface area contributed by atoms with E-state index in [0.29, 0.717) is 12.2 Å². The van der Waals surface area contributed by atoms with E-state index in [-0.39, 0.29) is 6.42 Å². The molecule has 0 unspecified atom stereocenters. The minimum Gasteiger partial charge on any atom is -0.481 e. The van der Waals surface area contributed by atoms with Crippen molar-refractivity contribution in [1.29, 1.82) is 0 Å². The standard InChI is InChI=1S/C20H32O3/c1-2-3-12-15-18-19(23-18)16-13-10-8-6-4-5-7-9-11-14-17-20(21)22/h4,6-7,9-10,13,18-19H,2-3,5,8,11-12,14-17H2,1H3,(H,21,22)/b6-4+,9-7+,13-10+/t18-,19+/m0/s1. The van der Waals surface area contributed by atoms with Crippen molar-refractivity contribution in [2.45, 2.75) is 83.3 Å². The molecule has 0 spiro atoms. The molecule has 0 aromatic carbocycles. The van der Waals surface area contributed by atoms with Gasteiger partial charge in [0, 0.05) is 6.42 Å². The van der Waals surface area contributed by atoms with Crippen LogP contribution < -0.4 is 0 Å². The maximum Gasteiger partial charge on any atom is 0.303 e. The van der Waals surface area contributed by atoms with Gasteiger partial charge < -0.3 is 9.84 Å². The predicted molar refractivity (Wildman–Crippen MR) is 95.6 cm³/mol. The molecule has 0 aliphatic carbocycles. The largest absolute Gasteiger partial charge is 0.481 e. The number of rotatable bonds is 14. The molecule has 0 bridgehead atoms. The molecule has 1 rings (SSSR count). The van der Waals surface area contributed by atoms with E-state index >= 15 is 0 Å². The molecule has 2 atom stereocenters. The molecule has 1 heterocycles. The summed E-state index contributed by atoms with van der Waals surface area (Å²) in [5.41, 5.74) is 0. The first kappa shape index (κ1) is 19.7. The van der Waals surface area contributed by atoms with Crippen LogP contribution in [0.2, 0.25) is 0 Å². The van der Waals surface area contributed by atoms with Gasteiger partial charge in [-0.3, -0.25) is 4.79 Å². The summed E-state index contributed by atoms with van der Waals surface area (Å²) in [6.45, 7) is 2.23. The van der Waals surface area contributed by atoms with Gasteiger partial charge in [-0.2, -0.15) is 0 Å². The minimum atomic E-state index is -0.714. The lowest BCUT2D eigenvalue weighted by atomic mass is 10.1. The highest BCUT2D eigenvalue weighted by molar-refractivity contribution is 5.66. The normalized spacial score (nSPS) is 20.9. The highest BCUT2D eigenvalue weighted by atomic mass is 16.6. The van der Waals surface area contributed by atoms with Gasteiger partial charge in [0.25, 0.3) is 0 Å². The van der Waals surface area contributed by atoms with Gasteiger partial charge in [-0.05, 0) is 38.5 Å². The zero-order valence-corrected chi connectivity index (χ0v) is 14.5. The van der Waals surface area contributed by atoms with E-state index in [4.69, 9.17) is 9.84 Å². The second-order valence-corrected chi connectivity index (χ2v) is 6.12. The molecule has 1 aliphatic heterocycles. The Hall–Kier alpha value is -1.35. The molecule has 1 aliphatic rings. The van der Waals surface area contributed by atoms with Gasteiger partial charge in [0.05, 0.1) is 12.2 Å². The van der Waals surface area contributed by atoms with Crippen molar-refractivity contribution >= 4 is 5.97 Å². The molecule has 0 aromatic rings. The Balaban J connectivity index is 1.90. The summed E-state index contributed by atoms with van der Waals surface area (Å²) >= 11 is 0. The zero-order valence-electron chi connectivity index (χ0n) is 14.5. The number of ether oxygens (including phenoxy) is 1. The molecule has 1 saturated heterocycles. The molecule has 0 amide bonds. The number of carbonyl (C=O) groups is 1. The first-order valence-electron chi connectivity index (χ1n) is 9.06. The van der Waals surface area contributed by atoms with E-state index in [1.165, 1.54) is 25.7 Å². The molecule has 1 N–H and O–H groups in total. The summed E-state index contributed by atoms with van der Waals surface area (Å²) in [6, 6.07) is 0. The Morgan fingerprint density at radius 3 is 2.35 bits per heavy atom. The molecule has 3 heteroatoms. The number of hydrogen-bond donors (Lipinski definition) is 1. The van der Waals surface area contributed by atoms with E-state index < -0.39 is 5.97 Å². The third kappa shape index (κ3) is 11.8. The molecule has 3 nitrogen and oxygen atoms in total. The third-order valence-corrected chi connectivity index (χ3v) is 3.95. The fourth-order valence-electron chi connectivity index (χ4n) is 2.50. The molecule has 1 fully saturated rings. The van der Waals surface area contributed by atoms with Gasteiger partial charge >= 0.3 is 5.97 Å². The summed E-state index contributed by atoms with van der Waals surface area (Å²) in [6.07, 6.45) is 23.8. The average Bonchev–Trinajstić information content (AvgIpc) is 3.27. The lowest BCUT2D eigenvalue weighted by molar-refractivity contribution is -0.137. The van der Waals surface area contributed by atoms with Gasteiger partial charge in [-0.15, -0.1) is 0 Å². The van der Waals surface area contributed by atoms with E-state index in [0.717, 1.165) is 32.1 Å². The van der Waals surface area contributed by atoms with Crippen LogP contribution >= 0.6 is 0 Å². The van der Waals surface area contributed by atoms with Crippen molar-refractivity contribution < 1.29 is 14.6 Å². The maximum absolute atomic E-state index is 10.3. The Labute approximate surface area is 141 Å². The van der Waals surface area contributed by atoms with E-state index in [1.54, 1.807) is 0 Å². The summed E-state index contributed by atoms with van der Waals surface area (Å²) in [7, 11) is 0. The smallest absolute Gasteiger partial charge is 0.303 e. The minimum absolute atomic E-state index is 0.259. The third-order valence-electron chi connectivity index (χ3n) is 3.95. The SMILES string of the molecule is CCCCC[C@@H]1O[C@@H]1C/C=C/C/C=C/C/C=C/CCCC(=O)O. The highest BCUT2D eigenvalue weighted by Crippen LogP contribution is 2.30. The zero-order chi connectivity index (χ0) is 16.8. The van der Waals surface area contributed by atoms with Gasteiger partial charge in [-0.25, -0.2) is 0 Å². The van der Waals surface area contributed by atoms with Crippen LogP contribution in [0.1, 0.15) is 71.1 Å². The number of carboxylic acid groups (broad SMARTS) is 1. The first-order valence-corrected chi connectivity index (χ1v) is 9.06. The summed E-state index contributed by atoms with van der Waals surface area (Å²) in [5, 5.41) is 8.51. The Morgan fingerprint density at radius 1 is 0.957 bits per heavy atom. The number of unbranched alkanes of at least 4 members (excludes halogenated alkanes) is 3. The van der Waals surface area contributed by atoms with Crippen LogP contribution in [0.5, 0.6) is 0 Å². The number of epoxide rings is 1. The average molecular weight is 320 g/mol. The lowest BCUT2D eigenvalue weighted by Crippen LogP contribution is -1.92. The van der Waals surface area contributed by atoms with Crippen LogP contribution in [0.3, 0.4) is 0 Å². The lowest BCUT2D eigenvalue weighted by Gasteiger charge is -1.93. The fraction of sp³-hybridized carbons (Fsp3) is 0.650. The van der Waals surface area contributed by atoms with Crippen LogP contribution in [0, 0.1) is 0 Å². The van der Waals surface area contributed by atoms with Crippen molar-refractivity contribution in [2.75, 3.05) is 0 Å². The molecule has 23 heavy (non-hydrogen) atoms. The van der Waals surface area contributed by atoms with Crippen molar-refractivity contribution in [3.63, 3.8) is 0 Å². The number of allylic oxidation sites excluding steroid dienone is 5. The van der Waals surface area contributed by atoms with Crippen molar-refractivity contribution in [3.05, 3.63) is 36.5 Å². The number of hydrogen-bond acceptors (Lipinski definition) is 2. The second-order valence-electron chi connectivity index (χ2n) is 6.12.